The van der Waals surface area contributed by atoms with E-state index in [1.165, 1.54) is 5.56 Å². The van der Waals surface area contributed by atoms with Crippen LogP contribution >= 0.6 is 0 Å². The van der Waals surface area contributed by atoms with E-state index >= 15 is 0 Å². The number of carbonyl (C=O) groups excluding carboxylic acids is 1. The summed E-state index contributed by atoms with van der Waals surface area (Å²) in [4.78, 5) is 17.1. The van der Waals surface area contributed by atoms with Crippen molar-refractivity contribution in [2.45, 2.75) is 58.5 Å². The fourth-order valence-electron chi connectivity index (χ4n) is 4.13. The average Bonchev–Trinajstić information content (AvgIpc) is 3.70. The Labute approximate surface area is 225 Å². The van der Waals surface area contributed by atoms with E-state index in [2.05, 4.69) is 22.9 Å². The first-order valence-corrected chi connectivity index (χ1v) is 13.1. The molecule has 1 amide bonds. The Hall–Kier alpha value is -3.78. The van der Waals surface area contributed by atoms with Crippen molar-refractivity contribution in [3.63, 3.8) is 0 Å². The van der Waals surface area contributed by atoms with E-state index in [1.807, 2.05) is 75.5 Å². The number of carbonyl (C=O) groups is 1. The summed E-state index contributed by atoms with van der Waals surface area (Å²) < 4.78 is 16.1. The minimum Gasteiger partial charge on any atom is -0.491 e. The third kappa shape index (κ3) is 7.61. The molecule has 0 atom stereocenters. The lowest BCUT2D eigenvalue weighted by molar-refractivity contribution is 0.0636. The molecular weight excluding hydrogens is 480 g/mol. The van der Waals surface area contributed by atoms with E-state index in [1.54, 1.807) is 7.11 Å². The number of pyridine rings is 1. The molecule has 4 rings (SSSR count). The third-order valence-electron chi connectivity index (χ3n) is 6.03. The second kappa shape index (κ2) is 12.2. The summed E-state index contributed by atoms with van der Waals surface area (Å²) in [7, 11) is 1.66. The zero-order valence-electron chi connectivity index (χ0n) is 22.9. The van der Waals surface area contributed by atoms with Crippen molar-refractivity contribution >= 4 is 34.7 Å². The van der Waals surface area contributed by atoms with Crippen molar-refractivity contribution in [1.82, 2.24) is 4.98 Å². The molecule has 1 fully saturated rings. The van der Waals surface area contributed by atoms with Crippen LogP contribution in [0.15, 0.2) is 54.7 Å². The van der Waals surface area contributed by atoms with Gasteiger partial charge in [0.1, 0.15) is 23.8 Å². The van der Waals surface area contributed by atoms with Crippen LogP contribution in [-0.2, 0) is 15.9 Å². The van der Waals surface area contributed by atoms with Crippen LogP contribution in [0.3, 0.4) is 0 Å². The number of nitrogens with one attached hydrogen (secondary N) is 3. The third-order valence-corrected chi connectivity index (χ3v) is 6.03. The molecule has 3 N–H and O–H groups in total. The van der Waals surface area contributed by atoms with E-state index in [0.29, 0.717) is 24.8 Å². The maximum absolute atomic E-state index is 12.3. The number of benzene rings is 2. The lowest BCUT2D eigenvalue weighted by atomic mass is 10.0. The molecule has 0 aliphatic heterocycles. The molecule has 8 nitrogen and oxygen atoms in total. The van der Waals surface area contributed by atoms with Crippen LogP contribution in [-0.4, -0.2) is 37.0 Å². The van der Waals surface area contributed by atoms with E-state index in [-0.39, 0.29) is 0 Å². The van der Waals surface area contributed by atoms with Gasteiger partial charge in [-0.15, -0.1) is 0 Å². The van der Waals surface area contributed by atoms with Gasteiger partial charge in [0.25, 0.3) is 0 Å². The van der Waals surface area contributed by atoms with Gasteiger partial charge in [-0.1, -0.05) is 13.0 Å². The highest BCUT2D eigenvalue weighted by Gasteiger charge is 2.29. The molecule has 0 bridgehead atoms. The lowest BCUT2D eigenvalue weighted by Gasteiger charge is -2.21. The van der Waals surface area contributed by atoms with Crippen LogP contribution in [0.5, 0.6) is 5.75 Å². The number of nitrogens with zero attached hydrogens (tertiary/aromatic N) is 1. The average molecular weight is 519 g/mol. The van der Waals surface area contributed by atoms with Crippen molar-refractivity contribution in [1.29, 1.82) is 0 Å². The highest BCUT2D eigenvalue weighted by atomic mass is 16.6. The van der Waals surface area contributed by atoms with Crippen molar-refractivity contribution in [3.8, 4) is 5.75 Å². The summed E-state index contributed by atoms with van der Waals surface area (Å²) in [6, 6.07) is 15.5. The quantitative estimate of drug-likeness (QED) is 0.228. The highest BCUT2D eigenvalue weighted by Crippen LogP contribution is 2.46. The molecule has 1 aromatic heterocycles. The summed E-state index contributed by atoms with van der Waals surface area (Å²) in [5, 5.41) is 9.94. The second-order valence-corrected chi connectivity index (χ2v) is 10.4. The largest absolute Gasteiger partial charge is 0.491 e. The number of hydrogen-bond acceptors (Lipinski definition) is 7. The Morgan fingerprint density at radius 3 is 2.39 bits per heavy atom. The second-order valence-electron chi connectivity index (χ2n) is 10.4. The molecule has 1 aliphatic carbocycles. The van der Waals surface area contributed by atoms with E-state index in [9.17, 15) is 4.79 Å². The molecule has 0 unspecified atom stereocenters. The van der Waals surface area contributed by atoms with Crippen LogP contribution in [0.25, 0.3) is 0 Å². The maximum Gasteiger partial charge on any atom is 0.412 e. The van der Waals surface area contributed by atoms with Gasteiger partial charge in [0, 0.05) is 35.9 Å². The van der Waals surface area contributed by atoms with Gasteiger partial charge in [0.15, 0.2) is 0 Å². The first-order valence-electron chi connectivity index (χ1n) is 13.1. The zero-order chi connectivity index (χ0) is 27.1. The maximum atomic E-state index is 12.3. The van der Waals surface area contributed by atoms with Crippen LogP contribution in [0.2, 0.25) is 0 Å². The van der Waals surface area contributed by atoms with Crippen LogP contribution in [0, 0.1) is 0 Å². The minimum absolute atomic E-state index is 0.479. The highest BCUT2D eigenvalue weighted by molar-refractivity contribution is 5.86. The summed E-state index contributed by atoms with van der Waals surface area (Å²) >= 11 is 0. The Balaban J connectivity index is 1.55. The van der Waals surface area contributed by atoms with E-state index in [0.717, 1.165) is 53.5 Å². The predicted octanol–water partition coefficient (Wildman–Crippen LogP) is 7.38. The number of ether oxygens (including phenoxy) is 3. The van der Waals surface area contributed by atoms with Gasteiger partial charge in [-0.3, -0.25) is 5.32 Å². The van der Waals surface area contributed by atoms with E-state index in [4.69, 9.17) is 19.2 Å². The normalized spacial score (nSPS) is 13.1. The van der Waals surface area contributed by atoms with Crippen molar-refractivity contribution in [2.75, 3.05) is 36.3 Å². The van der Waals surface area contributed by atoms with Gasteiger partial charge in [-0.2, -0.15) is 0 Å². The van der Waals surface area contributed by atoms with Crippen LogP contribution in [0.4, 0.5) is 33.4 Å². The first-order chi connectivity index (χ1) is 18.3. The number of hydrogen-bond donors (Lipinski definition) is 3. The summed E-state index contributed by atoms with van der Waals surface area (Å²) in [5.41, 5.74) is 5.31. The summed E-state index contributed by atoms with van der Waals surface area (Å²) in [6.45, 7) is 8.73. The van der Waals surface area contributed by atoms with Gasteiger partial charge in [-0.05, 0) is 94.0 Å². The first kappa shape index (κ1) is 27.3. The molecule has 202 valence electrons. The van der Waals surface area contributed by atoms with Crippen molar-refractivity contribution in [2.24, 2.45) is 0 Å². The Morgan fingerprint density at radius 2 is 1.74 bits per heavy atom. The number of amides is 1. The molecule has 1 saturated carbocycles. The zero-order valence-corrected chi connectivity index (χ0v) is 22.9. The Bertz CT molecular complexity index is 1230. The SMILES string of the molecule is CCc1c(Nc2ccc(OCCOC)cc2)ncc(C2CC2)c1Nc1cccc(NC(=O)OC(C)(C)C)c1. The molecule has 8 heteroatoms. The predicted molar refractivity (Wildman–Crippen MR) is 152 cm³/mol. The van der Waals surface area contributed by atoms with Crippen LogP contribution < -0.4 is 20.7 Å². The molecule has 0 spiro atoms. The summed E-state index contributed by atoms with van der Waals surface area (Å²) in [6.07, 6.45) is 4.63. The van der Waals surface area contributed by atoms with Crippen molar-refractivity contribution < 1.29 is 19.0 Å². The number of aromatic nitrogens is 1. The number of rotatable bonds is 11. The number of anilines is 5. The monoisotopic (exact) mass is 518 g/mol. The standard InChI is InChI=1S/C30H38N4O4/c1-6-25-27(32-22-8-7-9-23(18-22)34-29(35)38-30(2,3)4)26(20-10-11-20)19-31-28(25)33-21-12-14-24(15-13-21)37-17-16-36-5/h7-9,12-15,18-20H,6,10-11,16-17H2,1-5H3,(H,34,35)(H2,31,32,33). The van der Waals surface area contributed by atoms with Crippen LogP contribution in [0.1, 0.15) is 57.6 Å². The Kier molecular flexibility index (Phi) is 8.73. The number of methoxy groups -OCH3 is 1. The molecule has 38 heavy (non-hydrogen) atoms. The van der Waals surface area contributed by atoms with Gasteiger partial charge < -0.3 is 24.8 Å². The molecule has 2 aromatic carbocycles. The Morgan fingerprint density at radius 1 is 1.00 bits per heavy atom. The lowest BCUT2D eigenvalue weighted by Crippen LogP contribution is -2.27. The molecular formula is C30H38N4O4. The fraction of sp³-hybridized carbons (Fsp3) is 0.400. The fourth-order valence-corrected chi connectivity index (χ4v) is 4.13. The molecule has 1 heterocycles. The molecule has 0 radical (unpaired) electrons. The van der Waals surface area contributed by atoms with Gasteiger partial charge in [0.2, 0.25) is 0 Å². The van der Waals surface area contributed by atoms with Crippen molar-refractivity contribution in [3.05, 3.63) is 65.9 Å². The molecule has 0 saturated heterocycles. The smallest absolute Gasteiger partial charge is 0.412 e. The van der Waals surface area contributed by atoms with Gasteiger partial charge in [0.05, 0.1) is 12.3 Å². The topological polar surface area (TPSA) is 93.7 Å². The van der Waals surface area contributed by atoms with E-state index < -0.39 is 11.7 Å². The van der Waals surface area contributed by atoms with Gasteiger partial charge >= 0.3 is 6.09 Å². The molecule has 1 aliphatic rings. The minimum atomic E-state index is -0.563. The summed E-state index contributed by atoms with van der Waals surface area (Å²) in [5.74, 6) is 2.12. The molecule has 3 aromatic rings. The van der Waals surface area contributed by atoms with Gasteiger partial charge in [-0.25, -0.2) is 9.78 Å².